The van der Waals surface area contributed by atoms with Crippen molar-refractivity contribution in [3.05, 3.63) is 78.0 Å². The van der Waals surface area contributed by atoms with Crippen LogP contribution in [-0.4, -0.2) is 22.3 Å². The molecular formula is C23H23NO4. The van der Waals surface area contributed by atoms with Crippen molar-refractivity contribution in [2.75, 3.05) is 4.90 Å². The summed E-state index contributed by atoms with van der Waals surface area (Å²) < 4.78 is 0. The first kappa shape index (κ1) is 19.4. The summed E-state index contributed by atoms with van der Waals surface area (Å²) in [4.78, 5) is 24.1. The highest BCUT2D eigenvalue weighted by molar-refractivity contribution is 5.90. The van der Waals surface area contributed by atoms with Crippen molar-refractivity contribution < 1.29 is 19.8 Å². The monoisotopic (exact) mass is 377 g/mol. The molecule has 1 unspecified atom stereocenters. The minimum atomic E-state index is -1.03. The summed E-state index contributed by atoms with van der Waals surface area (Å²) in [6.07, 6.45) is 3.85. The van der Waals surface area contributed by atoms with E-state index < -0.39 is 12.1 Å². The van der Waals surface area contributed by atoms with Crippen LogP contribution in [0.25, 0.3) is 11.1 Å². The third kappa shape index (κ3) is 4.49. The summed E-state index contributed by atoms with van der Waals surface area (Å²) in [5.74, 6) is -0.840. The van der Waals surface area contributed by atoms with E-state index in [0.29, 0.717) is 24.2 Å². The van der Waals surface area contributed by atoms with Gasteiger partial charge in [0.15, 0.2) is 0 Å². The van der Waals surface area contributed by atoms with Crippen molar-refractivity contribution in [1.29, 1.82) is 0 Å². The Kier molecular flexibility index (Phi) is 5.94. The zero-order chi connectivity index (χ0) is 20.1. The lowest BCUT2D eigenvalue weighted by atomic mass is 9.89. The average molecular weight is 377 g/mol. The van der Waals surface area contributed by atoms with E-state index in [1.165, 1.54) is 4.90 Å². The number of benzene rings is 2. The molecule has 2 aromatic carbocycles. The van der Waals surface area contributed by atoms with E-state index in [1.807, 2.05) is 67.6 Å². The van der Waals surface area contributed by atoms with E-state index in [0.717, 1.165) is 16.7 Å². The first-order chi connectivity index (χ1) is 13.5. The molecule has 0 aromatic heterocycles. The molecule has 1 amide bonds. The Morgan fingerprint density at radius 3 is 2.18 bits per heavy atom. The van der Waals surface area contributed by atoms with Gasteiger partial charge >= 0.3 is 12.1 Å². The van der Waals surface area contributed by atoms with Gasteiger partial charge in [-0.05, 0) is 42.2 Å². The van der Waals surface area contributed by atoms with E-state index in [-0.39, 0.29) is 12.3 Å². The molecule has 0 saturated heterocycles. The number of amides is 1. The number of rotatable bonds is 6. The second kappa shape index (κ2) is 8.57. The van der Waals surface area contributed by atoms with Crippen molar-refractivity contribution in [1.82, 2.24) is 0 Å². The number of carboxylic acids is 1. The third-order valence-corrected chi connectivity index (χ3v) is 4.91. The largest absolute Gasteiger partial charge is 0.481 e. The van der Waals surface area contributed by atoms with Crippen LogP contribution in [0.1, 0.15) is 26.2 Å². The highest BCUT2D eigenvalue weighted by atomic mass is 16.4. The lowest BCUT2D eigenvalue weighted by molar-refractivity contribution is -0.136. The number of hydrogen-bond acceptors (Lipinski definition) is 2. The summed E-state index contributed by atoms with van der Waals surface area (Å²) in [5.41, 5.74) is 4.42. The molecule has 3 rings (SSSR count). The molecule has 144 valence electrons. The molecule has 0 fully saturated rings. The Labute approximate surface area is 164 Å². The predicted octanol–water partition coefficient (Wildman–Crippen LogP) is 5.55. The molecular weight excluding hydrogens is 354 g/mol. The standard InChI is InChI=1S/C23H23NO4/c1-16-15-17(8-14-22(25)26)7-13-21(16)24(23(27)28)20-11-9-19(10-12-20)18-5-3-2-4-6-18/h2-7,9-13,16H,8,14-15H2,1H3,(H,25,26)(H,27,28). The van der Waals surface area contributed by atoms with Gasteiger partial charge in [-0.3, -0.25) is 9.69 Å². The van der Waals surface area contributed by atoms with Gasteiger partial charge in [0.2, 0.25) is 0 Å². The zero-order valence-electron chi connectivity index (χ0n) is 15.7. The van der Waals surface area contributed by atoms with Gasteiger partial charge in [-0.15, -0.1) is 0 Å². The van der Waals surface area contributed by atoms with Crippen LogP contribution in [0.15, 0.2) is 78.0 Å². The quantitative estimate of drug-likeness (QED) is 0.691. The first-order valence-corrected chi connectivity index (χ1v) is 9.25. The van der Waals surface area contributed by atoms with Crippen molar-refractivity contribution in [3.63, 3.8) is 0 Å². The number of anilines is 1. The zero-order valence-corrected chi connectivity index (χ0v) is 15.7. The molecule has 0 aliphatic heterocycles. The number of hydrogen-bond donors (Lipinski definition) is 2. The van der Waals surface area contributed by atoms with E-state index in [9.17, 15) is 14.7 Å². The van der Waals surface area contributed by atoms with Gasteiger partial charge < -0.3 is 10.2 Å². The smallest absolute Gasteiger partial charge is 0.416 e. The molecule has 0 radical (unpaired) electrons. The normalized spacial score (nSPS) is 16.1. The van der Waals surface area contributed by atoms with E-state index in [2.05, 4.69) is 0 Å². The van der Waals surface area contributed by atoms with Crippen molar-refractivity contribution >= 4 is 17.7 Å². The fourth-order valence-corrected chi connectivity index (χ4v) is 3.48. The van der Waals surface area contributed by atoms with Crippen molar-refractivity contribution in [3.8, 4) is 11.1 Å². The Morgan fingerprint density at radius 2 is 1.61 bits per heavy atom. The maximum atomic E-state index is 12.0. The molecule has 2 N–H and O–H groups in total. The van der Waals surface area contributed by atoms with Gasteiger partial charge in [0.1, 0.15) is 0 Å². The van der Waals surface area contributed by atoms with Gasteiger partial charge in [0.25, 0.3) is 0 Å². The van der Waals surface area contributed by atoms with Crippen LogP contribution in [0.3, 0.4) is 0 Å². The third-order valence-electron chi connectivity index (χ3n) is 4.91. The second-order valence-electron chi connectivity index (χ2n) is 6.95. The Morgan fingerprint density at radius 1 is 0.964 bits per heavy atom. The summed E-state index contributed by atoms with van der Waals surface area (Å²) in [7, 11) is 0. The minimum absolute atomic E-state index is 0.0151. The Hall–Kier alpha value is -3.34. The van der Waals surface area contributed by atoms with Crippen LogP contribution in [0.5, 0.6) is 0 Å². The Bertz CT molecular complexity index is 913. The van der Waals surface area contributed by atoms with E-state index >= 15 is 0 Å². The second-order valence-corrected chi connectivity index (χ2v) is 6.95. The van der Waals surface area contributed by atoms with Gasteiger partial charge in [0, 0.05) is 18.0 Å². The maximum Gasteiger partial charge on any atom is 0.416 e. The van der Waals surface area contributed by atoms with Crippen molar-refractivity contribution in [2.45, 2.75) is 26.2 Å². The topological polar surface area (TPSA) is 77.8 Å². The lowest BCUT2D eigenvalue weighted by Gasteiger charge is -2.30. The SMILES string of the molecule is CC1CC(CCC(=O)O)=CC=C1N(C(=O)O)c1ccc(-c2ccccc2)cc1. The molecule has 1 atom stereocenters. The molecule has 0 bridgehead atoms. The van der Waals surface area contributed by atoms with Gasteiger partial charge in [-0.1, -0.05) is 61.0 Å². The highest BCUT2D eigenvalue weighted by Gasteiger charge is 2.26. The molecule has 1 aliphatic rings. The summed E-state index contributed by atoms with van der Waals surface area (Å²) in [5, 5.41) is 18.7. The molecule has 28 heavy (non-hydrogen) atoms. The molecule has 5 heteroatoms. The van der Waals surface area contributed by atoms with Gasteiger partial charge in [-0.2, -0.15) is 0 Å². The molecule has 1 aliphatic carbocycles. The van der Waals surface area contributed by atoms with Crippen LogP contribution in [-0.2, 0) is 4.79 Å². The number of allylic oxidation sites excluding steroid dienone is 4. The number of nitrogens with zero attached hydrogens (tertiary/aromatic N) is 1. The predicted molar refractivity (Wildman–Crippen MR) is 109 cm³/mol. The molecule has 0 saturated carbocycles. The molecule has 0 heterocycles. The van der Waals surface area contributed by atoms with Crippen LogP contribution in [0.2, 0.25) is 0 Å². The van der Waals surface area contributed by atoms with Crippen LogP contribution in [0.4, 0.5) is 10.5 Å². The van der Waals surface area contributed by atoms with Crippen molar-refractivity contribution in [2.24, 2.45) is 5.92 Å². The lowest BCUT2D eigenvalue weighted by Crippen LogP contribution is -2.32. The summed E-state index contributed by atoms with van der Waals surface area (Å²) >= 11 is 0. The number of aliphatic carboxylic acids is 1. The molecule has 2 aromatic rings. The Balaban J connectivity index is 1.85. The van der Waals surface area contributed by atoms with Gasteiger partial charge in [0.05, 0.1) is 5.69 Å². The van der Waals surface area contributed by atoms with Crippen LogP contribution < -0.4 is 4.90 Å². The minimum Gasteiger partial charge on any atom is -0.481 e. The number of carboxylic acid groups (broad SMARTS) is 2. The fourth-order valence-electron chi connectivity index (χ4n) is 3.48. The molecule has 0 spiro atoms. The summed E-state index contributed by atoms with van der Waals surface area (Å²) in [6, 6.07) is 17.4. The van der Waals surface area contributed by atoms with Gasteiger partial charge in [-0.25, -0.2) is 4.79 Å². The highest BCUT2D eigenvalue weighted by Crippen LogP contribution is 2.33. The average Bonchev–Trinajstić information content (AvgIpc) is 2.69. The van der Waals surface area contributed by atoms with Crippen LogP contribution in [0, 0.1) is 5.92 Å². The maximum absolute atomic E-state index is 12.0. The first-order valence-electron chi connectivity index (χ1n) is 9.25. The molecule has 5 nitrogen and oxygen atoms in total. The van der Waals surface area contributed by atoms with E-state index in [4.69, 9.17) is 5.11 Å². The van der Waals surface area contributed by atoms with Crippen LogP contribution >= 0.6 is 0 Å². The number of carbonyl (C=O) groups is 2. The van der Waals surface area contributed by atoms with E-state index in [1.54, 1.807) is 6.08 Å². The summed E-state index contributed by atoms with van der Waals surface area (Å²) in [6.45, 7) is 1.97. The fraction of sp³-hybridized carbons (Fsp3) is 0.217.